The van der Waals surface area contributed by atoms with Crippen molar-refractivity contribution >= 4 is 11.8 Å². The van der Waals surface area contributed by atoms with Crippen LogP contribution in [0.4, 0.5) is 0 Å². The van der Waals surface area contributed by atoms with Crippen LogP contribution in [0.3, 0.4) is 0 Å². The van der Waals surface area contributed by atoms with E-state index >= 15 is 0 Å². The van der Waals surface area contributed by atoms with Crippen molar-refractivity contribution in [1.82, 2.24) is 10.6 Å². The predicted molar refractivity (Wildman–Crippen MR) is 85.0 cm³/mol. The summed E-state index contributed by atoms with van der Waals surface area (Å²) in [5, 5.41) is 5.57. The summed E-state index contributed by atoms with van der Waals surface area (Å²) >= 11 is 0. The summed E-state index contributed by atoms with van der Waals surface area (Å²) in [5.74, 6) is 0.783. The number of ether oxygens (including phenoxy) is 1. The van der Waals surface area contributed by atoms with Crippen molar-refractivity contribution in [3.05, 3.63) is 28.8 Å². The van der Waals surface area contributed by atoms with Crippen molar-refractivity contribution in [3.8, 4) is 5.75 Å². The minimum absolute atomic E-state index is 0.0434. The Balaban J connectivity index is 1.87. The van der Waals surface area contributed by atoms with Gasteiger partial charge in [-0.2, -0.15) is 0 Å². The van der Waals surface area contributed by atoms with E-state index in [4.69, 9.17) is 4.74 Å². The maximum atomic E-state index is 11.9. The molecule has 2 amide bonds. The number of hydrogen-bond donors (Lipinski definition) is 2. The van der Waals surface area contributed by atoms with Gasteiger partial charge in [0.15, 0.2) is 0 Å². The minimum Gasteiger partial charge on any atom is -0.494 e. The Bertz CT molecular complexity index is 569. The molecule has 1 aliphatic heterocycles. The Morgan fingerprint density at radius 3 is 2.77 bits per heavy atom. The Morgan fingerprint density at radius 1 is 1.36 bits per heavy atom. The molecule has 0 aromatic heterocycles. The number of nitrogens with one attached hydrogen (secondary N) is 2. The number of amides is 2. The summed E-state index contributed by atoms with van der Waals surface area (Å²) in [5.41, 5.74) is 3.48. The van der Waals surface area contributed by atoms with Crippen molar-refractivity contribution in [2.75, 3.05) is 13.2 Å². The Morgan fingerprint density at radius 2 is 2.14 bits per heavy atom. The Kier molecular flexibility index (Phi) is 5.41. The fourth-order valence-corrected chi connectivity index (χ4v) is 2.68. The highest BCUT2D eigenvalue weighted by Gasteiger charge is 2.26. The molecule has 1 unspecified atom stereocenters. The molecule has 2 N–H and O–H groups in total. The van der Waals surface area contributed by atoms with Crippen LogP contribution < -0.4 is 15.4 Å². The van der Waals surface area contributed by atoms with E-state index in [1.54, 1.807) is 0 Å². The average molecular weight is 304 g/mol. The molecule has 5 heteroatoms. The highest BCUT2D eigenvalue weighted by molar-refractivity contribution is 5.90. The second kappa shape index (κ2) is 7.29. The smallest absolute Gasteiger partial charge is 0.242 e. The molecular formula is C17H24N2O3. The number of aryl methyl sites for hydroxylation is 2. The van der Waals surface area contributed by atoms with Gasteiger partial charge >= 0.3 is 0 Å². The second-order valence-electron chi connectivity index (χ2n) is 5.68. The van der Waals surface area contributed by atoms with Crippen LogP contribution in [0, 0.1) is 13.8 Å². The summed E-state index contributed by atoms with van der Waals surface area (Å²) < 4.78 is 5.58. The molecular weight excluding hydrogens is 280 g/mol. The Hall–Kier alpha value is -2.04. The lowest BCUT2D eigenvalue weighted by Gasteiger charge is -2.14. The molecule has 0 spiro atoms. The fraction of sp³-hybridized carbons (Fsp3) is 0.529. The molecule has 1 aromatic carbocycles. The number of carbonyl (C=O) groups is 2. The van der Waals surface area contributed by atoms with Crippen molar-refractivity contribution in [3.63, 3.8) is 0 Å². The molecule has 1 fully saturated rings. The summed E-state index contributed by atoms with van der Waals surface area (Å²) in [7, 11) is 0. The molecule has 22 heavy (non-hydrogen) atoms. The first-order chi connectivity index (χ1) is 10.5. The monoisotopic (exact) mass is 304 g/mol. The minimum atomic E-state index is -0.365. The average Bonchev–Trinajstić information content (AvgIpc) is 2.91. The molecule has 1 aromatic rings. The molecule has 2 rings (SSSR count). The normalized spacial score (nSPS) is 17.2. The lowest BCUT2D eigenvalue weighted by atomic mass is 10.0. The van der Waals surface area contributed by atoms with E-state index in [1.807, 2.05) is 19.9 Å². The maximum Gasteiger partial charge on any atom is 0.242 e. The molecule has 0 bridgehead atoms. The van der Waals surface area contributed by atoms with Gasteiger partial charge in [0.25, 0.3) is 0 Å². The van der Waals surface area contributed by atoms with Gasteiger partial charge in [-0.05, 0) is 56.4 Å². The van der Waals surface area contributed by atoms with Gasteiger partial charge in [0.05, 0.1) is 6.61 Å². The first-order valence-electron chi connectivity index (χ1n) is 7.81. The van der Waals surface area contributed by atoms with Gasteiger partial charge in [-0.1, -0.05) is 6.07 Å². The summed E-state index contributed by atoms with van der Waals surface area (Å²) in [6.45, 7) is 7.28. The van der Waals surface area contributed by atoms with E-state index in [0.29, 0.717) is 26.0 Å². The summed E-state index contributed by atoms with van der Waals surface area (Å²) in [6, 6.07) is 3.80. The zero-order valence-corrected chi connectivity index (χ0v) is 13.5. The van der Waals surface area contributed by atoms with Crippen molar-refractivity contribution < 1.29 is 14.3 Å². The molecule has 0 aliphatic carbocycles. The van der Waals surface area contributed by atoms with Crippen LogP contribution in [0.2, 0.25) is 0 Å². The molecule has 0 radical (unpaired) electrons. The van der Waals surface area contributed by atoms with E-state index in [-0.39, 0.29) is 17.9 Å². The van der Waals surface area contributed by atoms with Crippen LogP contribution in [-0.4, -0.2) is 31.0 Å². The van der Waals surface area contributed by atoms with E-state index in [2.05, 4.69) is 23.6 Å². The zero-order chi connectivity index (χ0) is 16.1. The van der Waals surface area contributed by atoms with E-state index in [9.17, 15) is 9.59 Å². The summed E-state index contributed by atoms with van der Waals surface area (Å²) in [6.07, 6.45) is 1.80. The topological polar surface area (TPSA) is 67.4 Å². The fourth-order valence-electron chi connectivity index (χ4n) is 2.68. The number of benzene rings is 1. The number of carbonyl (C=O) groups excluding carboxylic acids is 2. The third-order valence-corrected chi connectivity index (χ3v) is 3.94. The maximum absolute atomic E-state index is 11.9. The van der Waals surface area contributed by atoms with Crippen molar-refractivity contribution in [2.45, 2.75) is 46.1 Å². The van der Waals surface area contributed by atoms with Gasteiger partial charge in [0.1, 0.15) is 11.8 Å². The van der Waals surface area contributed by atoms with Crippen molar-refractivity contribution in [2.24, 2.45) is 0 Å². The van der Waals surface area contributed by atoms with E-state index < -0.39 is 0 Å². The molecule has 1 atom stereocenters. The van der Waals surface area contributed by atoms with Gasteiger partial charge in [-0.15, -0.1) is 0 Å². The third-order valence-electron chi connectivity index (χ3n) is 3.94. The van der Waals surface area contributed by atoms with Crippen molar-refractivity contribution in [1.29, 1.82) is 0 Å². The highest BCUT2D eigenvalue weighted by atomic mass is 16.5. The second-order valence-corrected chi connectivity index (χ2v) is 5.68. The van der Waals surface area contributed by atoms with Crippen LogP contribution in [0.25, 0.3) is 0 Å². The number of hydrogen-bond acceptors (Lipinski definition) is 3. The van der Waals surface area contributed by atoms with E-state index in [1.165, 1.54) is 5.56 Å². The largest absolute Gasteiger partial charge is 0.494 e. The molecule has 1 aliphatic rings. The van der Waals surface area contributed by atoms with Gasteiger partial charge in [-0.25, -0.2) is 0 Å². The van der Waals surface area contributed by atoms with Crippen LogP contribution in [0.5, 0.6) is 5.75 Å². The van der Waals surface area contributed by atoms with Gasteiger partial charge in [-0.3, -0.25) is 9.59 Å². The molecule has 1 heterocycles. The molecule has 120 valence electrons. The van der Waals surface area contributed by atoms with Gasteiger partial charge in [0.2, 0.25) is 11.8 Å². The lowest BCUT2D eigenvalue weighted by Crippen LogP contribution is -2.42. The van der Waals surface area contributed by atoms with Crippen LogP contribution in [0.1, 0.15) is 36.5 Å². The highest BCUT2D eigenvalue weighted by Crippen LogP contribution is 2.23. The van der Waals surface area contributed by atoms with Crippen LogP contribution in [-0.2, 0) is 16.0 Å². The first-order valence-corrected chi connectivity index (χ1v) is 7.81. The summed E-state index contributed by atoms with van der Waals surface area (Å²) in [4.78, 5) is 23.0. The Labute approximate surface area is 131 Å². The third kappa shape index (κ3) is 4.00. The first kappa shape index (κ1) is 16.3. The van der Waals surface area contributed by atoms with Crippen LogP contribution in [0.15, 0.2) is 12.1 Å². The molecule has 1 saturated heterocycles. The quantitative estimate of drug-likeness (QED) is 0.839. The standard InChI is InChI=1S/C17H24N2O3/c1-4-22-15-10-11(2)13(9-12(15)3)7-8-18-17(21)14-5-6-16(20)19-14/h9-10,14H,4-8H2,1-3H3,(H,18,21)(H,19,20). The van der Waals surface area contributed by atoms with Gasteiger partial charge < -0.3 is 15.4 Å². The predicted octanol–water partition coefficient (Wildman–Crippen LogP) is 1.64. The van der Waals surface area contributed by atoms with E-state index in [0.717, 1.165) is 23.3 Å². The number of rotatable bonds is 6. The molecule has 0 saturated carbocycles. The van der Waals surface area contributed by atoms with Crippen LogP contribution >= 0.6 is 0 Å². The SMILES string of the molecule is CCOc1cc(C)c(CCNC(=O)C2CCC(=O)N2)cc1C. The molecule has 5 nitrogen and oxygen atoms in total. The zero-order valence-electron chi connectivity index (χ0n) is 13.5. The van der Waals surface area contributed by atoms with Gasteiger partial charge in [0, 0.05) is 13.0 Å². The lowest BCUT2D eigenvalue weighted by molar-refractivity contribution is -0.125.